The normalized spacial score (nSPS) is 15.1. The second-order valence-corrected chi connectivity index (χ2v) is 7.92. The number of fused-ring (bicyclic) bond motifs is 1. The van der Waals surface area contributed by atoms with E-state index in [1.165, 1.54) is 5.56 Å². The van der Waals surface area contributed by atoms with Crippen LogP contribution in [0.15, 0.2) is 53.0 Å². The van der Waals surface area contributed by atoms with Crippen molar-refractivity contribution in [1.29, 1.82) is 0 Å². The fourth-order valence-corrected chi connectivity index (χ4v) is 4.50. The van der Waals surface area contributed by atoms with Crippen molar-refractivity contribution in [1.82, 2.24) is 14.8 Å². The average Bonchev–Trinajstić information content (AvgIpc) is 2.98. The van der Waals surface area contributed by atoms with E-state index in [1.54, 1.807) is 0 Å². The predicted molar refractivity (Wildman–Crippen MR) is 114 cm³/mol. The molecule has 2 heterocycles. The number of para-hydroxylation sites is 1. The summed E-state index contributed by atoms with van der Waals surface area (Å²) in [5.41, 5.74) is 4.05. The van der Waals surface area contributed by atoms with E-state index in [1.807, 2.05) is 35.9 Å². The number of aromatic nitrogens is 1. The summed E-state index contributed by atoms with van der Waals surface area (Å²) in [6.45, 7) is 4.96. The molecule has 146 valence electrons. The number of morpholine rings is 1. The summed E-state index contributed by atoms with van der Waals surface area (Å²) >= 11 is 3.60. The summed E-state index contributed by atoms with van der Waals surface area (Å²) in [6.07, 6.45) is 0. The van der Waals surface area contributed by atoms with Gasteiger partial charge >= 0.3 is 0 Å². The molecule has 0 bridgehead atoms. The van der Waals surface area contributed by atoms with Crippen LogP contribution in [0, 0.1) is 0 Å². The van der Waals surface area contributed by atoms with Crippen molar-refractivity contribution < 1.29 is 9.53 Å². The van der Waals surface area contributed by atoms with Gasteiger partial charge in [0.15, 0.2) is 0 Å². The first-order valence-corrected chi connectivity index (χ1v) is 10.3. The molecule has 1 N–H and O–H groups in total. The average molecular weight is 442 g/mol. The number of hydrogen-bond acceptors (Lipinski definition) is 3. The lowest BCUT2D eigenvalue weighted by molar-refractivity contribution is 0.0342. The molecule has 0 aliphatic carbocycles. The van der Waals surface area contributed by atoms with Crippen LogP contribution in [0.2, 0.25) is 0 Å². The molecule has 6 heteroatoms. The van der Waals surface area contributed by atoms with Crippen LogP contribution in [-0.2, 0) is 24.9 Å². The highest BCUT2D eigenvalue weighted by atomic mass is 79.9. The molecule has 5 nitrogen and oxygen atoms in total. The van der Waals surface area contributed by atoms with Gasteiger partial charge in [0.25, 0.3) is 5.91 Å². The lowest BCUT2D eigenvalue weighted by Crippen LogP contribution is -2.35. The number of rotatable bonds is 5. The highest BCUT2D eigenvalue weighted by Gasteiger charge is 2.19. The zero-order chi connectivity index (χ0) is 19.5. The molecule has 1 aromatic heterocycles. The van der Waals surface area contributed by atoms with E-state index >= 15 is 0 Å². The third-order valence-corrected chi connectivity index (χ3v) is 6.02. The van der Waals surface area contributed by atoms with Gasteiger partial charge in [-0.3, -0.25) is 9.69 Å². The van der Waals surface area contributed by atoms with Crippen molar-refractivity contribution in [3.8, 4) is 0 Å². The molecule has 1 aliphatic rings. The van der Waals surface area contributed by atoms with Crippen LogP contribution in [0.5, 0.6) is 0 Å². The van der Waals surface area contributed by atoms with Crippen LogP contribution in [0.4, 0.5) is 0 Å². The number of carbonyl (C=O) groups excluding carboxylic acids is 1. The maximum absolute atomic E-state index is 12.8. The zero-order valence-corrected chi connectivity index (χ0v) is 17.5. The van der Waals surface area contributed by atoms with Crippen molar-refractivity contribution in [3.63, 3.8) is 0 Å². The Bertz CT molecular complexity index is 954. The van der Waals surface area contributed by atoms with Crippen LogP contribution in [0.3, 0.4) is 0 Å². The number of hydrogen-bond donors (Lipinski definition) is 1. The van der Waals surface area contributed by atoms with Crippen LogP contribution in [0.25, 0.3) is 10.9 Å². The minimum absolute atomic E-state index is 0.0795. The maximum Gasteiger partial charge on any atom is 0.269 e. The summed E-state index contributed by atoms with van der Waals surface area (Å²) in [6, 6.07) is 16.4. The zero-order valence-electron chi connectivity index (χ0n) is 16.0. The van der Waals surface area contributed by atoms with E-state index in [0.717, 1.165) is 53.8 Å². The molecular weight excluding hydrogens is 418 g/mol. The summed E-state index contributed by atoms with van der Waals surface area (Å²) in [5, 5.41) is 4.11. The SMILES string of the molecule is Cn1c(C(=O)NCc2cccc(CN3CCOCC3)c2)c(Br)c2ccccc21. The van der Waals surface area contributed by atoms with Gasteiger partial charge in [0.1, 0.15) is 5.69 Å². The summed E-state index contributed by atoms with van der Waals surface area (Å²) in [5.74, 6) is -0.0795. The molecule has 1 fully saturated rings. The number of benzene rings is 2. The number of carbonyl (C=O) groups is 1. The molecule has 0 unspecified atom stereocenters. The fourth-order valence-electron chi connectivity index (χ4n) is 3.72. The van der Waals surface area contributed by atoms with E-state index in [-0.39, 0.29) is 5.91 Å². The van der Waals surface area contributed by atoms with E-state index < -0.39 is 0 Å². The minimum atomic E-state index is -0.0795. The molecule has 3 aromatic rings. The summed E-state index contributed by atoms with van der Waals surface area (Å²) in [4.78, 5) is 15.2. The Morgan fingerprint density at radius 1 is 1.11 bits per heavy atom. The molecule has 1 aliphatic heterocycles. The monoisotopic (exact) mass is 441 g/mol. The summed E-state index contributed by atoms with van der Waals surface area (Å²) in [7, 11) is 1.92. The maximum atomic E-state index is 12.8. The first-order valence-electron chi connectivity index (χ1n) is 9.52. The van der Waals surface area contributed by atoms with Crippen LogP contribution < -0.4 is 5.32 Å². The highest BCUT2D eigenvalue weighted by Crippen LogP contribution is 2.30. The molecule has 0 atom stereocenters. The number of nitrogens with zero attached hydrogens (tertiary/aromatic N) is 2. The van der Waals surface area contributed by atoms with Gasteiger partial charge in [-0.15, -0.1) is 0 Å². The molecule has 4 rings (SSSR count). The van der Waals surface area contributed by atoms with E-state index in [0.29, 0.717) is 12.2 Å². The predicted octanol–water partition coefficient (Wildman–Crippen LogP) is 3.70. The largest absolute Gasteiger partial charge is 0.379 e. The second-order valence-electron chi connectivity index (χ2n) is 7.13. The van der Waals surface area contributed by atoms with Crippen molar-refractivity contribution >= 4 is 32.7 Å². The number of aryl methyl sites for hydroxylation is 1. The minimum Gasteiger partial charge on any atom is -0.379 e. The number of ether oxygens (including phenoxy) is 1. The van der Waals surface area contributed by atoms with Crippen LogP contribution >= 0.6 is 15.9 Å². The first kappa shape index (κ1) is 19.2. The lowest BCUT2D eigenvalue weighted by atomic mass is 10.1. The second kappa shape index (κ2) is 8.47. The van der Waals surface area contributed by atoms with Gasteiger partial charge in [-0.05, 0) is 33.1 Å². The Morgan fingerprint density at radius 2 is 1.86 bits per heavy atom. The van der Waals surface area contributed by atoms with Crippen molar-refractivity contribution in [2.24, 2.45) is 7.05 Å². The molecule has 1 saturated heterocycles. The molecule has 0 spiro atoms. The van der Waals surface area contributed by atoms with Crippen LogP contribution in [0.1, 0.15) is 21.6 Å². The Morgan fingerprint density at radius 3 is 2.64 bits per heavy atom. The third-order valence-electron chi connectivity index (χ3n) is 5.21. The Kier molecular flexibility index (Phi) is 5.80. The van der Waals surface area contributed by atoms with Gasteiger partial charge in [-0.2, -0.15) is 0 Å². The van der Waals surface area contributed by atoms with Crippen molar-refractivity contribution in [3.05, 3.63) is 69.8 Å². The number of nitrogens with one attached hydrogen (secondary N) is 1. The Hall–Kier alpha value is -2.15. The molecule has 0 radical (unpaired) electrons. The topological polar surface area (TPSA) is 46.5 Å². The highest BCUT2D eigenvalue weighted by molar-refractivity contribution is 9.10. The van der Waals surface area contributed by atoms with Gasteiger partial charge in [-0.1, -0.05) is 42.5 Å². The third kappa shape index (κ3) is 3.99. The molecule has 28 heavy (non-hydrogen) atoms. The van der Waals surface area contributed by atoms with Gasteiger partial charge in [0.05, 0.1) is 17.7 Å². The first-order chi connectivity index (χ1) is 13.6. The quantitative estimate of drug-likeness (QED) is 0.656. The smallest absolute Gasteiger partial charge is 0.269 e. The Balaban J connectivity index is 1.44. The van der Waals surface area contributed by atoms with E-state index in [9.17, 15) is 4.79 Å². The molecule has 2 aromatic carbocycles. The van der Waals surface area contributed by atoms with Crippen molar-refractivity contribution in [2.45, 2.75) is 13.1 Å². The number of amides is 1. The summed E-state index contributed by atoms with van der Waals surface area (Å²) < 4.78 is 8.19. The molecule has 1 amide bonds. The van der Waals surface area contributed by atoms with Crippen molar-refractivity contribution in [2.75, 3.05) is 26.3 Å². The molecular formula is C22H24BrN3O2. The van der Waals surface area contributed by atoms with E-state index in [4.69, 9.17) is 4.74 Å². The van der Waals surface area contributed by atoms with Gasteiger partial charge in [0.2, 0.25) is 0 Å². The molecule has 0 saturated carbocycles. The lowest BCUT2D eigenvalue weighted by Gasteiger charge is -2.26. The van der Waals surface area contributed by atoms with Crippen LogP contribution in [-0.4, -0.2) is 41.7 Å². The fraction of sp³-hybridized carbons (Fsp3) is 0.318. The standard InChI is InChI=1S/C22H24BrN3O2/c1-25-19-8-3-2-7-18(19)20(23)21(25)22(27)24-14-16-5-4-6-17(13-16)15-26-9-11-28-12-10-26/h2-8,13H,9-12,14-15H2,1H3,(H,24,27). The van der Waals surface area contributed by atoms with E-state index in [2.05, 4.69) is 50.4 Å². The van der Waals surface area contributed by atoms with Gasteiger partial charge in [-0.25, -0.2) is 0 Å². The van der Waals surface area contributed by atoms with Gasteiger partial charge < -0.3 is 14.6 Å². The Labute approximate surface area is 173 Å². The number of halogens is 1. The van der Waals surface area contributed by atoms with Gasteiger partial charge in [0, 0.05) is 44.1 Å².